The number of carbonyl (C=O) groups excluding carboxylic acids is 2. The van der Waals surface area contributed by atoms with Crippen LogP contribution in [0.4, 0.5) is 0 Å². The monoisotopic (exact) mass is 332 g/mol. The summed E-state index contributed by atoms with van der Waals surface area (Å²) in [6.07, 6.45) is 3.49. The summed E-state index contributed by atoms with van der Waals surface area (Å²) in [4.78, 5) is 26.6. The Kier molecular flexibility index (Phi) is 7.25. The Balaban J connectivity index is 1.85. The van der Waals surface area contributed by atoms with Crippen LogP contribution in [-0.4, -0.2) is 48.6 Å². The lowest BCUT2D eigenvalue weighted by molar-refractivity contribution is -0.150. The fourth-order valence-corrected chi connectivity index (χ4v) is 3.18. The molecule has 2 rings (SSSR count). The van der Waals surface area contributed by atoms with Crippen molar-refractivity contribution in [1.29, 1.82) is 0 Å². The van der Waals surface area contributed by atoms with Crippen LogP contribution in [0.1, 0.15) is 49.9 Å². The number of ether oxygens (including phenoxy) is 1. The van der Waals surface area contributed by atoms with Crippen molar-refractivity contribution >= 4 is 11.9 Å². The first-order valence-electron chi connectivity index (χ1n) is 8.92. The number of esters is 1. The minimum atomic E-state index is -0.152. The maximum atomic E-state index is 12.2. The molecule has 1 N–H and O–H groups in total. The van der Waals surface area contributed by atoms with Crippen molar-refractivity contribution in [2.24, 2.45) is 0 Å². The van der Waals surface area contributed by atoms with E-state index in [4.69, 9.17) is 4.74 Å². The summed E-state index contributed by atoms with van der Waals surface area (Å²) in [6, 6.07) is 9.29. The molecule has 0 saturated carbocycles. The van der Waals surface area contributed by atoms with Crippen LogP contribution in [0.3, 0.4) is 0 Å². The van der Waals surface area contributed by atoms with Gasteiger partial charge in [-0.15, -0.1) is 0 Å². The molecule has 0 aliphatic carbocycles. The Morgan fingerprint density at radius 1 is 1.21 bits per heavy atom. The normalized spacial score (nSPS) is 17.2. The van der Waals surface area contributed by atoms with Crippen molar-refractivity contribution in [3.05, 3.63) is 35.9 Å². The molecule has 1 atom stereocenters. The van der Waals surface area contributed by atoms with E-state index in [1.807, 2.05) is 37.3 Å². The summed E-state index contributed by atoms with van der Waals surface area (Å²) < 4.78 is 5.21. The van der Waals surface area contributed by atoms with E-state index in [0.717, 1.165) is 38.8 Å². The predicted molar refractivity (Wildman–Crippen MR) is 93.8 cm³/mol. The third-order valence-electron chi connectivity index (χ3n) is 4.46. The van der Waals surface area contributed by atoms with Gasteiger partial charge in [-0.1, -0.05) is 31.5 Å². The number of nitrogens with one attached hydrogen (secondary N) is 1. The molecule has 0 aromatic heterocycles. The van der Waals surface area contributed by atoms with E-state index in [1.165, 1.54) is 0 Å². The number of benzene rings is 1. The van der Waals surface area contributed by atoms with Gasteiger partial charge in [-0.2, -0.15) is 0 Å². The summed E-state index contributed by atoms with van der Waals surface area (Å²) in [5, 5.41) is 3.10. The number of nitrogens with zero attached hydrogens (tertiary/aromatic N) is 1. The predicted octanol–water partition coefficient (Wildman–Crippen LogP) is 2.61. The van der Waals surface area contributed by atoms with Crippen LogP contribution in [-0.2, 0) is 9.53 Å². The number of amides is 1. The minimum Gasteiger partial charge on any atom is -0.465 e. The molecule has 0 bridgehead atoms. The van der Waals surface area contributed by atoms with Crippen LogP contribution in [0.15, 0.2) is 30.3 Å². The van der Waals surface area contributed by atoms with E-state index in [9.17, 15) is 9.59 Å². The van der Waals surface area contributed by atoms with Gasteiger partial charge in [0.1, 0.15) is 6.04 Å². The van der Waals surface area contributed by atoms with Crippen molar-refractivity contribution in [2.45, 2.75) is 51.6 Å². The molecule has 5 heteroatoms. The smallest absolute Gasteiger partial charge is 0.323 e. The largest absolute Gasteiger partial charge is 0.465 e. The maximum absolute atomic E-state index is 12.2. The summed E-state index contributed by atoms with van der Waals surface area (Å²) in [7, 11) is 0. The molecule has 1 fully saturated rings. The molecule has 1 aromatic rings. The van der Waals surface area contributed by atoms with Crippen molar-refractivity contribution < 1.29 is 14.3 Å². The van der Waals surface area contributed by atoms with Crippen LogP contribution in [0.25, 0.3) is 0 Å². The van der Waals surface area contributed by atoms with Crippen molar-refractivity contribution in [3.63, 3.8) is 0 Å². The second-order valence-corrected chi connectivity index (χ2v) is 6.21. The van der Waals surface area contributed by atoms with E-state index >= 15 is 0 Å². The number of rotatable bonds is 7. The molecule has 1 aromatic carbocycles. The lowest BCUT2D eigenvalue weighted by Crippen LogP contribution is -2.50. The van der Waals surface area contributed by atoms with Crippen molar-refractivity contribution in [3.8, 4) is 0 Å². The molecule has 0 unspecified atom stereocenters. The maximum Gasteiger partial charge on any atom is 0.323 e. The van der Waals surface area contributed by atoms with Crippen LogP contribution in [0.2, 0.25) is 0 Å². The Morgan fingerprint density at radius 2 is 1.88 bits per heavy atom. The van der Waals surface area contributed by atoms with Gasteiger partial charge in [0.25, 0.3) is 5.91 Å². The molecule has 24 heavy (non-hydrogen) atoms. The molecule has 0 radical (unpaired) electrons. The highest BCUT2D eigenvalue weighted by atomic mass is 16.5. The molecular weight excluding hydrogens is 304 g/mol. The number of carbonyl (C=O) groups is 2. The fourth-order valence-electron chi connectivity index (χ4n) is 3.18. The minimum absolute atomic E-state index is 0.0236. The van der Waals surface area contributed by atoms with E-state index < -0.39 is 0 Å². The van der Waals surface area contributed by atoms with Gasteiger partial charge >= 0.3 is 5.97 Å². The summed E-state index contributed by atoms with van der Waals surface area (Å²) in [5.41, 5.74) is 0.690. The first-order chi connectivity index (χ1) is 11.7. The number of hydrogen-bond donors (Lipinski definition) is 1. The molecule has 1 amide bonds. The second kappa shape index (κ2) is 9.42. The van der Waals surface area contributed by atoms with Crippen molar-refractivity contribution in [1.82, 2.24) is 10.2 Å². The zero-order valence-corrected chi connectivity index (χ0v) is 14.7. The zero-order chi connectivity index (χ0) is 17.4. The average Bonchev–Trinajstić information content (AvgIpc) is 2.61. The van der Waals surface area contributed by atoms with Gasteiger partial charge in [-0.25, -0.2) is 0 Å². The van der Waals surface area contributed by atoms with Gasteiger partial charge in [0.15, 0.2) is 0 Å². The highest BCUT2D eigenvalue weighted by Gasteiger charge is 2.30. The highest BCUT2D eigenvalue weighted by Crippen LogP contribution is 2.18. The number of piperidine rings is 1. The van der Waals surface area contributed by atoms with Gasteiger partial charge < -0.3 is 10.1 Å². The van der Waals surface area contributed by atoms with Gasteiger partial charge in [-0.3, -0.25) is 14.5 Å². The van der Waals surface area contributed by atoms with Crippen LogP contribution >= 0.6 is 0 Å². The molecule has 0 spiro atoms. The summed E-state index contributed by atoms with van der Waals surface area (Å²) in [5.74, 6) is -0.143. The highest BCUT2D eigenvalue weighted by molar-refractivity contribution is 5.94. The van der Waals surface area contributed by atoms with Crippen molar-refractivity contribution in [2.75, 3.05) is 19.7 Å². The third kappa shape index (κ3) is 5.06. The quantitative estimate of drug-likeness (QED) is 0.780. The third-order valence-corrected chi connectivity index (χ3v) is 4.46. The van der Waals surface area contributed by atoms with Crippen LogP contribution in [0.5, 0.6) is 0 Å². The van der Waals surface area contributed by atoms with E-state index in [1.54, 1.807) is 0 Å². The van der Waals surface area contributed by atoms with E-state index in [-0.39, 0.29) is 24.0 Å². The van der Waals surface area contributed by atoms with Crippen LogP contribution < -0.4 is 5.32 Å². The first kappa shape index (κ1) is 18.5. The molecule has 5 nitrogen and oxygen atoms in total. The zero-order valence-electron chi connectivity index (χ0n) is 14.7. The van der Waals surface area contributed by atoms with E-state index in [0.29, 0.717) is 12.2 Å². The second-order valence-electron chi connectivity index (χ2n) is 6.21. The molecule has 1 heterocycles. The SMILES string of the molecule is CCC[C@H](C(=O)OCC)N1CCC(NC(=O)c2ccccc2)CC1. The summed E-state index contributed by atoms with van der Waals surface area (Å²) >= 11 is 0. The average molecular weight is 332 g/mol. The Labute approximate surface area is 144 Å². The van der Waals surface area contributed by atoms with Gasteiger partial charge in [-0.05, 0) is 38.3 Å². The Bertz CT molecular complexity index is 525. The van der Waals surface area contributed by atoms with Gasteiger partial charge in [0.2, 0.25) is 0 Å². The van der Waals surface area contributed by atoms with E-state index in [2.05, 4.69) is 17.1 Å². The molecule has 1 aliphatic rings. The van der Waals surface area contributed by atoms with Crippen LogP contribution in [0, 0.1) is 0 Å². The molecule has 1 saturated heterocycles. The van der Waals surface area contributed by atoms with Gasteiger partial charge in [0.05, 0.1) is 6.61 Å². The Hall–Kier alpha value is -1.88. The standard InChI is InChI=1S/C19H28N2O3/c1-3-8-17(19(23)24-4-2)21-13-11-16(12-14-21)20-18(22)15-9-6-5-7-10-15/h5-7,9-10,16-17H,3-4,8,11-14H2,1-2H3,(H,20,22)/t17-/m1/s1. The van der Waals surface area contributed by atoms with Gasteiger partial charge in [0, 0.05) is 24.7 Å². The number of likely N-dealkylation sites (tertiary alicyclic amines) is 1. The lowest BCUT2D eigenvalue weighted by Gasteiger charge is -2.36. The Morgan fingerprint density at radius 3 is 2.46 bits per heavy atom. The first-order valence-corrected chi connectivity index (χ1v) is 8.92. The summed E-state index contributed by atoms with van der Waals surface area (Å²) in [6.45, 7) is 5.96. The topological polar surface area (TPSA) is 58.6 Å². The fraction of sp³-hybridized carbons (Fsp3) is 0.579. The molecular formula is C19H28N2O3. The lowest BCUT2D eigenvalue weighted by atomic mass is 10.0. The number of hydrogen-bond acceptors (Lipinski definition) is 4. The molecule has 132 valence electrons. The molecule has 1 aliphatic heterocycles.